The van der Waals surface area contributed by atoms with E-state index in [1.165, 1.54) is 10.8 Å². The Morgan fingerprint density at radius 2 is 1.64 bits per heavy atom. The molecule has 0 bridgehead atoms. The molecule has 0 radical (unpaired) electrons. The lowest BCUT2D eigenvalue weighted by Gasteiger charge is -2.18. The van der Waals surface area contributed by atoms with Gasteiger partial charge in [-0.2, -0.15) is 0 Å². The summed E-state index contributed by atoms with van der Waals surface area (Å²) in [6.07, 6.45) is 5.07. The fourth-order valence-corrected chi connectivity index (χ4v) is 3.98. The number of nitrogens with one attached hydrogen (secondary N) is 1. The fraction of sp³-hybridized carbons (Fsp3) is 0.286. The molecule has 0 saturated carbocycles. The zero-order chi connectivity index (χ0) is 23.0. The first kappa shape index (κ1) is 22.7. The predicted molar refractivity (Wildman–Crippen MR) is 140 cm³/mol. The van der Waals surface area contributed by atoms with E-state index in [0.717, 1.165) is 60.6 Å². The number of hydrogen-bond donors (Lipinski definition) is 1. The van der Waals surface area contributed by atoms with Gasteiger partial charge in [0.2, 0.25) is 0 Å². The third kappa shape index (κ3) is 5.68. The second-order valence-corrected chi connectivity index (χ2v) is 8.06. The Hall–Kier alpha value is -3.44. The van der Waals surface area contributed by atoms with Gasteiger partial charge in [0.05, 0.1) is 12.6 Å². The maximum absolute atomic E-state index is 5.25. The van der Waals surface area contributed by atoms with Crippen LogP contribution in [-0.4, -0.2) is 48.2 Å². The maximum atomic E-state index is 5.25. The van der Waals surface area contributed by atoms with Crippen LogP contribution in [0.25, 0.3) is 33.8 Å². The first-order valence-electron chi connectivity index (χ1n) is 11.7. The van der Waals surface area contributed by atoms with Crippen molar-refractivity contribution in [3.63, 3.8) is 0 Å². The Morgan fingerprint density at radius 1 is 0.909 bits per heavy atom. The number of fused-ring (bicyclic) bond motifs is 2. The quantitative estimate of drug-likeness (QED) is 0.238. The van der Waals surface area contributed by atoms with E-state index in [9.17, 15) is 0 Å². The van der Waals surface area contributed by atoms with Crippen LogP contribution < -0.4 is 10.1 Å². The van der Waals surface area contributed by atoms with E-state index in [1.807, 2.05) is 36.4 Å². The second kappa shape index (κ2) is 10.9. The highest BCUT2D eigenvalue weighted by molar-refractivity contribution is 6.01. The summed E-state index contributed by atoms with van der Waals surface area (Å²) in [4.78, 5) is 12.2. The van der Waals surface area contributed by atoms with Gasteiger partial charge in [-0.05, 0) is 72.7 Å². The normalized spacial score (nSPS) is 11.6. The van der Waals surface area contributed by atoms with Crippen molar-refractivity contribution in [3.8, 4) is 5.75 Å². The van der Waals surface area contributed by atoms with E-state index < -0.39 is 0 Å². The average Bonchev–Trinajstić information content (AvgIpc) is 2.86. The van der Waals surface area contributed by atoms with Crippen LogP contribution in [0.3, 0.4) is 0 Å². The van der Waals surface area contributed by atoms with Gasteiger partial charge in [0, 0.05) is 11.9 Å². The molecule has 0 aliphatic carbocycles. The topological polar surface area (TPSA) is 50.3 Å². The van der Waals surface area contributed by atoms with Crippen LogP contribution in [0.2, 0.25) is 0 Å². The summed E-state index contributed by atoms with van der Waals surface area (Å²) in [5.74, 6) is 2.43. The highest BCUT2D eigenvalue weighted by atomic mass is 16.5. The lowest BCUT2D eigenvalue weighted by atomic mass is 10.1. The summed E-state index contributed by atoms with van der Waals surface area (Å²) in [7, 11) is 1.67. The van der Waals surface area contributed by atoms with E-state index in [1.54, 1.807) is 7.11 Å². The monoisotopic (exact) mass is 440 g/mol. The van der Waals surface area contributed by atoms with Crippen molar-refractivity contribution >= 4 is 39.6 Å². The fourth-order valence-electron chi connectivity index (χ4n) is 3.98. The lowest BCUT2D eigenvalue weighted by molar-refractivity contribution is 0.303. The summed E-state index contributed by atoms with van der Waals surface area (Å²) >= 11 is 0. The first-order valence-corrected chi connectivity index (χ1v) is 11.7. The number of nitrogens with zero attached hydrogens (tertiary/aromatic N) is 3. The van der Waals surface area contributed by atoms with E-state index >= 15 is 0 Å². The summed E-state index contributed by atoms with van der Waals surface area (Å²) in [5, 5.41) is 7.01. The Balaban J connectivity index is 1.63. The number of ether oxygens (including phenoxy) is 1. The predicted octanol–water partition coefficient (Wildman–Crippen LogP) is 6.11. The molecule has 4 rings (SSSR count). The van der Waals surface area contributed by atoms with Crippen molar-refractivity contribution in [1.29, 1.82) is 0 Å². The highest BCUT2D eigenvalue weighted by Gasteiger charge is 2.09. The third-order valence-corrected chi connectivity index (χ3v) is 5.96. The number of anilines is 1. The van der Waals surface area contributed by atoms with E-state index in [0.29, 0.717) is 5.82 Å². The molecular weight excluding hydrogens is 408 g/mol. The first-order chi connectivity index (χ1) is 16.2. The standard InChI is InChI=1S/C28H32N4O/c1-4-32(5-2)18-8-17-29-28-25-19-22-9-6-7-10-23(22)20-26(25)30-27(31-28)16-13-21-11-14-24(33-3)15-12-21/h6-7,9-16,19-20H,4-5,8,17-18H2,1-3H3,(H,29,30,31). The van der Waals surface area contributed by atoms with Gasteiger partial charge in [-0.1, -0.05) is 56.3 Å². The van der Waals surface area contributed by atoms with E-state index in [-0.39, 0.29) is 0 Å². The number of aromatic nitrogens is 2. The van der Waals surface area contributed by atoms with Crippen molar-refractivity contribution < 1.29 is 4.74 Å². The molecule has 5 heteroatoms. The van der Waals surface area contributed by atoms with Gasteiger partial charge >= 0.3 is 0 Å². The zero-order valence-corrected chi connectivity index (χ0v) is 19.7. The van der Waals surface area contributed by atoms with E-state index in [2.05, 4.69) is 60.5 Å². The molecule has 0 atom stereocenters. The SMILES string of the molecule is CCN(CC)CCCNc1nc(C=Cc2ccc(OC)cc2)nc2cc3ccccc3cc12. The molecule has 3 aromatic carbocycles. The molecule has 0 amide bonds. The van der Waals surface area contributed by atoms with Crippen LogP contribution in [0, 0.1) is 0 Å². The summed E-state index contributed by atoms with van der Waals surface area (Å²) in [6.45, 7) is 8.54. The van der Waals surface area contributed by atoms with Gasteiger partial charge in [0.15, 0.2) is 5.82 Å². The highest BCUT2D eigenvalue weighted by Crippen LogP contribution is 2.27. The Bertz CT molecular complexity index is 1230. The smallest absolute Gasteiger partial charge is 0.154 e. The molecule has 1 heterocycles. The molecule has 0 saturated heterocycles. The summed E-state index contributed by atoms with van der Waals surface area (Å²) in [6, 6.07) is 20.7. The molecule has 170 valence electrons. The van der Waals surface area contributed by atoms with Crippen LogP contribution >= 0.6 is 0 Å². The summed E-state index contributed by atoms with van der Waals surface area (Å²) in [5.41, 5.74) is 2.02. The molecule has 0 fully saturated rings. The van der Waals surface area contributed by atoms with Crippen molar-refractivity contribution in [2.24, 2.45) is 0 Å². The molecule has 0 unspecified atom stereocenters. The minimum atomic E-state index is 0.694. The number of benzene rings is 3. The summed E-state index contributed by atoms with van der Waals surface area (Å²) < 4.78 is 5.25. The maximum Gasteiger partial charge on any atom is 0.154 e. The Kier molecular flexibility index (Phi) is 7.53. The molecule has 5 nitrogen and oxygen atoms in total. The molecular formula is C28H32N4O. The molecule has 1 aromatic heterocycles. The van der Waals surface area contributed by atoms with Crippen LogP contribution in [0.1, 0.15) is 31.7 Å². The van der Waals surface area contributed by atoms with Gasteiger partial charge in [0.1, 0.15) is 11.6 Å². The minimum absolute atomic E-state index is 0.694. The average molecular weight is 441 g/mol. The van der Waals surface area contributed by atoms with Gasteiger partial charge < -0.3 is 15.0 Å². The molecule has 4 aromatic rings. The molecule has 1 N–H and O–H groups in total. The van der Waals surface area contributed by atoms with E-state index in [4.69, 9.17) is 14.7 Å². The number of hydrogen-bond acceptors (Lipinski definition) is 5. The molecule has 33 heavy (non-hydrogen) atoms. The third-order valence-electron chi connectivity index (χ3n) is 5.96. The Morgan fingerprint density at radius 3 is 2.33 bits per heavy atom. The van der Waals surface area contributed by atoms with Crippen LogP contribution in [-0.2, 0) is 0 Å². The zero-order valence-electron chi connectivity index (χ0n) is 19.7. The van der Waals surface area contributed by atoms with Gasteiger partial charge in [-0.15, -0.1) is 0 Å². The van der Waals surface area contributed by atoms with Crippen molar-refractivity contribution in [2.45, 2.75) is 20.3 Å². The molecule has 0 aliphatic rings. The molecule has 0 spiro atoms. The van der Waals surface area contributed by atoms with Gasteiger partial charge in [-0.25, -0.2) is 9.97 Å². The number of rotatable bonds is 10. The number of methoxy groups -OCH3 is 1. The van der Waals surface area contributed by atoms with Crippen LogP contribution in [0.15, 0.2) is 60.7 Å². The van der Waals surface area contributed by atoms with Gasteiger partial charge in [0.25, 0.3) is 0 Å². The largest absolute Gasteiger partial charge is 0.497 e. The van der Waals surface area contributed by atoms with Gasteiger partial charge in [-0.3, -0.25) is 0 Å². The van der Waals surface area contributed by atoms with Crippen molar-refractivity contribution in [3.05, 3.63) is 72.1 Å². The molecule has 0 aliphatic heterocycles. The minimum Gasteiger partial charge on any atom is -0.497 e. The Labute approximate surface area is 196 Å². The van der Waals surface area contributed by atoms with Crippen LogP contribution in [0.4, 0.5) is 5.82 Å². The second-order valence-electron chi connectivity index (χ2n) is 8.06. The van der Waals surface area contributed by atoms with Crippen molar-refractivity contribution in [2.75, 3.05) is 38.6 Å². The lowest BCUT2D eigenvalue weighted by Crippen LogP contribution is -2.25. The van der Waals surface area contributed by atoms with Crippen molar-refractivity contribution in [1.82, 2.24) is 14.9 Å². The van der Waals surface area contributed by atoms with Crippen LogP contribution in [0.5, 0.6) is 5.75 Å².